The van der Waals surface area contributed by atoms with Crippen molar-refractivity contribution in [2.24, 2.45) is 0 Å². The van der Waals surface area contributed by atoms with Crippen molar-refractivity contribution in [3.8, 4) is 5.75 Å². The van der Waals surface area contributed by atoms with Crippen LogP contribution in [-0.4, -0.2) is 59.5 Å². The highest BCUT2D eigenvalue weighted by molar-refractivity contribution is 6.10. The van der Waals surface area contributed by atoms with E-state index >= 15 is 0 Å². The predicted molar refractivity (Wildman–Crippen MR) is 121 cm³/mol. The number of aliphatic hydroxyl groups is 1. The summed E-state index contributed by atoms with van der Waals surface area (Å²) in [5.41, 5.74) is 2.08. The molecule has 0 radical (unpaired) electrons. The van der Waals surface area contributed by atoms with Gasteiger partial charge in [0.1, 0.15) is 18.5 Å². The van der Waals surface area contributed by atoms with Crippen molar-refractivity contribution in [2.45, 2.75) is 31.9 Å². The molecule has 164 valence electrons. The standard InChI is InChI=1S/C24H29N3O4/c1-16(2)31-24(29)27-12-10-17(11-13-27)25-14-18(28)15-30-22-9-5-8-21-23(22)19-6-3-4-7-20(19)26-21/h3-9,17-18,25-26,28H,1,10-15H2,2H3/t18-/m1/s1. The Bertz CT molecular complexity index is 1070. The number of piperidine rings is 1. The van der Waals surface area contributed by atoms with Gasteiger partial charge in [0.05, 0.1) is 11.3 Å². The Morgan fingerprint density at radius 3 is 2.74 bits per heavy atom. The summed E-state index contributed by atoms with van der Waals surface area (Å²) in [6, 6.07) is 14.3. The molecule has 4 rings (SSSR count). The Morgan fingerprint density at radius 2 is 1.97 bits per heavy atom. The van der Waals surface area contributed by atoms with Gasteiger partial charge in [-0.05, 0) is 38.0 Å². The maximum absolute atomic E-state index is 11.9. The van der Waals surface area contributed by atoms with Crippen molar-refractivity contribution < 1.29 is 19.4 Å². The lowest BCUT2D eigenvalue weighted by molar-refractivity contribution is 0.0943. The fraction of sp³-hybridized carbons (Fsp3) is 0.375. The first kappa shape index (κ1) is 21.2. The number of carbonyl (C=O) groups excluding carboxylic acids is 1. The molecule has 7 heteroatoms. The number of H-pyrrole nitrogens is 1. The maximum Gasteiger partial charge on any atom is 0.414 e. The number of hydrogen-bond donors (Lipinski definition) is 3. The number of nitrogens with one attached hydrogen (secondary N) is 2. The molecule has 7 nitrogen and oxygen atoms in total. The Hall–Kier alpha value is -3.03. The van der Waals surface area contributed by atoms with E-state index in [2.05, 4.69) is 22.9 Å². The van der Waals surface area contributed by atoms with E-state index in [0.717, 1.165) is 40.4 Å². The normalized spacial score (nSPS) is 15.9. The van der Waals surface area contributed by atoms with Crippen LogP contribution >= 0.6 is 0 Å². The second-order valence-electron chi connectivity index (χ2n) is 8.05. The molecule has 0 unspecified atom stereocenters. The summed E-state index contributed by atoms with van der Waals surface area (Å²) >= 11 is 0. The zero-order chi connectivity index (χ0) is 21.8. The molecule has 0 bridgehead atoms. The van der Waals surface area contributed by atoms with E-state index in [1.54, 1.807) is 11.8 Å². The zero-order valence-corrected chi connectivity index (χ0v) is 17.8. The van der Waals surface area contributed by atoms with E-state index in [9.17, 15) is 9.90 Å². The van der Waals surface area contributed by atoms with Crippen molar-refractivity contribution in [1.82, 2.24) is 15.2 Å². The number of aliphatic hydroxyl groups excluding tert-OH is 1. The number of aromatic nitrogens is 1. The molecule has 1 aliphatic heterocycles. The number of benzene rings is 2. The minimum Gasteiger partial charge on any atom is -0.490 e. The van der Waals surface area contributed by atoms with Crippen molar-refractivity contribution in [1.29, 1.82) is 0 Å². The summed E-state index contributed by atoms with van der Waals surface area (Å²) in [7, 11) is 0. The average molecular weight is 424 g/mol. The third kappa shape index (κ3) is 5.00. The van der Waals surface area contributed by atoms with Crippen LogP contribution in [0.25, 0.3) is 21.8 Å². The van der Waals surface area contributed by atoms with Gasteiger partial charge in [-0.3, -0.25) is 0 Å². The highest BCUT2D eigenvalue weighted by atomic mass is 16.6. The van der Waals surface area contributed by atoms with Crippen LogP contribution in [0.15, 0.2) is 54.8 Å². The minimum absolute atomic E-state index is 0.204. The largest absolute Gasteiger partial charge is 0.490 e. The third-order valence-corrected chi connectivity index (χ3v) is 5.58. The monoisotopic (exact) mass is 423 g/mol. The van der Waals surface area contributed by atoms with Crippen LogP contribution in [0, 0.1) is 0 Å². The van der Waals surface area contributed by atoms with Gasteiger partial charge >= 0.3 is 6.09 Å². The van der Waals surface area contributed by atoms with Gasteiger partial charge in [-0.15, -0.1) is 0 Å². The van der Waals surface area contributed by atoms with Crippen LogP contribution in [0.1, 0.15) is 19.8 Å². The molecular weight excluding hydrogens is 394 g/mol. The number of allylic oxidation sites excluding steroid dienone is 1. The zero-order valence-electron chi connectivity index (χ0n) is 17.8. The number of aromatic amines is 1. The molecule has 3 N–H and O–H groups in total. The molecule has 1 amide bonds. The Balaban J connectivity index is 1.27. The van der Waals surface area contributed by atoms with E-state index < -0.39 is 6.10 Å². The van der Waals surface area contributed by atoms with Crippen LogP contribution in [0.2, 0.25) is 0 Å². The molecule has 0 spiro atoms. The van der Waals surface area contributed by atoms with Gasteiger partial charge in [-0.1, -0.05) is 30.8 Å². The molecule has 2 heterocycles. The molecule has 0 aliphatic carbocycles. The molecule has 1 saturated heterocycles. The SMILES string of the molecule is C=C(C)OC(=O)N1CCC(NC[C@@H](O)COc2cccc3[nH]c4ccccc4c23)CC1. The summed E-state index contributed by atoms with van der Waals surface area (Å²) in [6.07, 6.45) is 0.652. The second-order valence-corrected chi connectivity index (χ2v) is 8.05. The van der Waals surface area contributed by atoms with Crippen molar-refractivity contribution in [2.75, 3.05) is 26.2 Å². The molecule has 2 aromatic carbocycles. The van der Waals surface area contributed by atoms with Crippen molar-refractivity contribution >= 4 is 27.9 Å². The number of ether oxygens (including phenoxy) is 2. The van der Waals surface area contributed by atoms with Crippen LogP contribution in [-0.2, 0) is 4.74 Å². The fourth-order valence-electron chi connectivity index (χ4n) is 4.02. The lowest BCUT2D eigenvalue weighted by Crippen LogP contribution is -2.47. The summed E-state index contributed by atoms with van der Waals surface area (Å²) in [5, 5.41) is 16.0. The van der Waals surface area contributed by atoms with Crippen LogP contribution in [0.3, 0.4) is 0 Å². The number of amides is 1. The lowest BCUT2D eigenvalue weighted by atomic mass is 10.1. The molecule has 1 atom stereocenters. The number of rotatable bonds is 7. The van der Waals surface area contributed by atoms with Crippen molar-refractivity contribution in [3.05, 3.63) is 54.8 Å². The molecule has 1 aromatic heterocycles. The molecule has 1 fully saturated rings. The lowest BCUT2D eigenvalue weighted by Gasteiger charge is -2.32. The van der Waals surface area contributed by atoms with E-state index in [-0.39, 0.29) is 18.7 Å². The number of carbonyl (C=O) groups is 1. The first-order valence-electron chi connectivity index (χ1n) is 10.7. The van der Waals surface area contributed by atoms with Gasteiger partial charge in [0.15, 0.2) is 0 Å². The van der Waals surface area contributed by atoms with Gasteiger partial charge in [0.2, 0.25) is 0 Å². The smallest absolute Gasteiger partial charge is 0.414 e. The highest BCUT2D eigenvalue weighted by Crippen LogP contribution is 2.32. The summed E-state index contributed by atoms with van der Waals surface area (Å²) in [4.78, 5) is 17.0. The number of likely N-dealkylation sites (tertiary alicyclic amines) is 1. The van der Waals surface area contributed by atoms with E-state index in [0.29, 0.717) is 25.4 Å². The van der Waals surface area contributed by atoms with Gasteiger partial charge in [0.25, 0.3) is 0 Å². The quantitative estimate of drug-likeness (QED) is 0.504. The molecule has 3 aromatic rings. The predicted octanol–water partition coefficient (Wildman–Crippen LogP) is 3.79. The van der Waals surface area contributed by atoms with Crippen LogP contribution < -0.4 is 10.1 Å². The minimum atomic E-state index is -0.633. The second kappa shape index (κ2) is 9.41. The molecular formula is C24H29N3O4. The Labute approximate surface area is 181 Å². The van der Waals surface area contributed by atoms with E-state index in [4.69, 9.17) is 9.47 Å². The topological polar surface area (TPSA) is 86.8 Å². The van der Waals surface area contributed by atoms with Crippen LogP contribution in [0.4, 0.5) is 4.79 Å². The number of hydrogen-bond acceptors (Lipinski definition) is 5. The highest BCUT2D eigenvalue weighted by Gasteiger charge is 2.24. The van der Waals surface area contributed by atoms with Gasteiger partial charge in [0, 0.05) is 42.0 Å². The van der Waals surface area contributed by atoms with E-state index in [1.165, 1.54) is 0 Å². The summed E-state index contributed by atoms with van der Waals surface area (Å²) in [6.45, 7) is 7.15. The summed E-state index contributed by atoms with van der Waals surface area (Å²) in [5.74, 6) is 1.16. The first-order chi connectivity index (χ1) is 15.0. The first-order valence-corrected chi connectivity index (χ1v) is 10.7. The fourth-order valence-corrected chi connectivity index (χ4v) is 4.02. The average Bonchev–Trinajstić information content (AvgIpc) is 3.15. The number of para-hydroxylation sites is 1. The third-order valence-electron chi connectivity index (χ3n) is 5.58. The molecule has 0 saturated carbocycles. The summed E-state index contributed by atoms with van der Waals surface area (Å²) < 4.78 is 11.0. The Kier molecular flexibility index (Phi) is 6.44. The molecule has 1 aliphatic rings. The van der Waals surface area contributed by atoms with Gasteiger partial charge < -0.3 is 29.8 Å². The van der Waals surface area contributed by atoms with E-state index in [1.807, 2.05) is 36.4 Å². The Morgan fingerprint density at radius 1 is 1.23 bits per heavy atom. The molecule has 31 heavy (non-hydrogen) atoms. The maximum atomic E-state index is 11.9. The number of nitrogens with zero attached hydrogens (tertiary/aromatic N) is 1. The van der Waals surface area contributed by atoms with Crippen molar-refractivity contribution in [3.63, 3.8) is 0 Å². The van der Waals surface area contributed by atoms with Crippen LogP contribution in [0.5, 0.6) is 5.75 Å². The van der Waals surface area contributed by atoms with Gasteiger partial charge in [-0.25, -0.2) is 4.79 Å². The number of fused-ring (bicyclic) bond motifs is 3. The van der Waals surface area contributed by atoms with Gasteiger partial charge in [-0.2, -0.15) is 0 Å².